The monoisotopic (exact) mass is 408 g/mol. The quantitative estimate of drug-likeness (QED) is 0.694. The van der Waals surface area contributed by atoms with Crippen LogP contribution in [-0.2, 0) is 10.0 Å². The van der Waals surface area contributed by atoms with Gasteiger partial charge in [-0.05, 0) is 43.3 Å². The molecule has 0 bridgehead atoms. The molecule has 0 aliphatic carbocycles. The molecular weight excluding hydrogens is 384 g/mol. The number of nitrogens with one attached hydrogen (secondary N) is 2. The summed E-state index contributed by atoms with van der Waals surface area (Å²) in [4.78, 5) is 12.0. The van der Waals surface area contributed by atoms with Gasteiger partial charge in [0.05, 0.1) is 31.8 Å². The number of amides is 1. The Morgan fingerprint density at radius 1 is 0.964 bits per heavy atom. The molecule has 0 aromatic heterocycles. The summed E-state index contributed by atoms with van der Waals surface area (Å²) in [6.45, 7) is 1.69. The summed E-state index contributed by atoms with van der Waals surface area (Å²) in [6.07, 6.45) is 0. The lowest BCUT2D eigenvalue weighted by Crippen LogP contribution is -2.28. The van der Waals surface area contributed by atoms with Gasteiger partial charge in [-0.15, -0.1) is 0 Å². The van der Waals surface area contributed by atoms with Gasteiger partial charge in [-0.25, -0.2) is 13.1 Å². The molecule has 2 aromatic rings. The number of sulfonamides is 1. The fourth-order valence-corrected chi connectivity index (χ4v) is 3.96. The first-order valence-electron chi connectivity index (χ1n) is 8.41. The van der Waals surface area contributed by atoms with Crippen LogP contribution in [0.5, 0.6) is 17.2 Å². The number of hydrogen-bond acceptors (Lipinski definition) is 6. The van der Waals surface area contributed by atoms with Crippen LogP contribution in [0.4, 0.5) is 0 Å². The van der Waals surface area contributed by atoms with Crippen molar-refractivity contribution < 1.29 is 27.4 Å². The van der Waals surface area contributed by atoms with Crippen molar-refractivity contribution in [3.63, 3.8) is 0 Å². The molecule has 0 radical (unpaired) electrons. The predicted molar refractivity (Wildman–Crippen MR) is 105 cm³/mol. The van der Waals surface area contributed by atoms with Crippen LogP contribution in [0.15, 0.2) is 41.3 Å². The normalized spacial score (nSPS) is 12.2. The van der Waals surface area contributed by atoms with E-state index < -0.39 is 22.0 Å². The van der Waals surface area contributed by atoms with E-state index in [1.807, 2.05) is 0 Å². The molecule has 9 heteroatoms. The predicted octanol–water partition coefficient (Wildman–Crippen LogP) is 2.11. The molecule has 2 N–H and O–H groups in total. The van der Waals surface area contributed by atoms with E-state index in [0.29, 0.717) is 17.1 Å². The molecule has 0 saturated carbocycles. The van der Waals surface area contributed by atoms with Crippen molar-refractivity contribution >= 4 is 15.9 Å². The van der Waals surface area contributed by atoms with Crippen LogP contribution in [0.3, 0.4) is 0 Å². The third-order valence-corrected chi connectivity index (χ3v) is 5.73. The summed E-state index contributed by atoms with van der Waals surface area (Å²) >= 11 is 0. The summed E-state index contributed by atoms with van der Waals surface area (Å²) in [5, 5.41) is 2.46. The van der Waals surface area contributed by atoms with E-state index in [-0.39, 0.29) is 16.2 Å². The highest BCUT2D eigenvalue weighted by Crippen LogP contribution is 2.30. The van der Waals surface area contributed by atoms with E-state index in [0.717, 1.165) is 0 Å². The number of benzene rings is 2. The van der Waals surface area contributed by atoms with Gasteiger partial charge in [0, 0.05) is 18.7 Å². The lowest BCUT2D eigenvalue weighted by atomic mass is 10.1. The van der Waals surface area contributed by atoms with Gasteiger partial charge in [0.15, 0.2) is 0 Å². The molecule has 1 atom stereocenters. The Kier molecular flexibility index (Phi) is 6.87. The molecule has 0 aliphatic heterocycles. The Bertz CT molecular complexity index is 959. The first-order valence-corrected chi connectivity index (χ1v) is 9.90. The molecule has 0 saturated heterocycles. The van der Waals surface area contributed by atoms with Crippen molar-refractivity contribution in [3.05, 3.63) is 47.5 Å². The molecule has 8 nitrogen and oxygen atoms in total. The lowest BCUT2D eigenvalue weighted by molar-refractivity contribution is 0.0960. The molecule has 0 aliphatic rings. The minimum absolute atomic E-state index is 0.0550. The zero-order chi connectivity index (χ0) is 20.9. The minimum Gasteiger partial charge on any atom is -0.497 e. The van der Waals surface area contributed by atoms with Crippen molar-refractivity contribution in [3.8, 4) is 17.2 Å². The molecular formula is C19H24N2O6S. The number of carbonyl (C=O) groups excluding carboxylic acids is 1. The molecule has 2 rings (SSSR count). The van der Waals surface area contributed by atoms with Crippen LogP contribution >= 0.6 is 0 Å². The Morgan fingerprint density at radius 3 is 2.18 bits per heavy atom. The maximum atomic E-state index is 12.9. The van der Waals surface area contributed by atoms with Crippen molar-refractivity contribution in [2.24, 2.45) is 0 Å². The van der Waals surface area contributed by atoms with Crippen molar-refractivity contribution in [1.29, 1.82) is 0 Å². The Hall–Kier alpha value is -2.78. The third kappa shape index (κ3) is 4.55. The highest BCUT2D eigenvalue weighted by molar-refractivity contribution is 7.89. The van der Waals surface area contributed by atoms with Gasteiger partial charge in [0.2, 0.25) is 10.0 Å². The van der Waals surface area contributed by atoms with E-state index in [2.05, 4.69) is 10.0 Å². The molecule has 0 heterocycles. The average molecular weight is 408 g/mol. The van der Waals surface area contributed by atoms with Gasteiger partial charge in [0.1, 0.15) is 17.2 Å². The van der Waals surface area contributed by atoms with Crippen LogP contribution in [-0.4, -0.2) is 42.7 Å². The molecule has 0 unspecified atom stereocenters. The zero-order valence-electron chi connectivity index (χ0n) is 16.4. The van der Waals surface area contributed by atoms with Crippen molar-refractivity contribution in [1.82, 2.24) is 10.0 Å². The lowest BCUT2D eigenvalue weighted by Gasteiger charge is -2.19. The standard InChI is InChI=1S/C19H24N2O6S/c1-12(15-10-13(25-3)6-8-17(15)26-4)21-28(23,24)14-7-9-18(27-5)16(11-14)19(22)20-2/h6-12,21H,1-5H3,(H,20,22)/t12-/m1/s1. The van der Waals surface area contributed by atoms with Gasteiger partial charge >= 0.3 is 0 Å². The van der Waals surface area contributed by atoms with E-state index in [1.165, 1.54) is 46.6 Å². The Balaban J connectivity index is 2.40. The summed E-state index contributed by atoms with van der Waals surface area (Å²) in [5.74, 6) is 0.933. The summed E-state index contributed by atoms with van der Waals surface area (Å²) in [7, 11) is 1.97. The average Bonchev–Trinajstić information content (AvgIpc) is 2.71. The third-order valence-electron chi connectivity index (χ3n) is 4.19. The number of methoxy groups -OCH3 is 3. The van der Waals surface area contributed by atoms with Crippen molar-refractivity contribution in [2.75, 3.05) is 28.4 Å². The largest absolute Gasteiger partial charge is 0.497 e. The first-order chi connectivity index (χ1) is 13.3. The van der Waals surface area contributed by atoms with E-state index >= 15 is 0 Å². The van der Waals surface area contributed by atoms with E-state index in [1.54, 1.807) is 25.1 Å². The van der Waals surface area contributed by atoms with Gasteiger partial charge in [-0.3, -0.25) is 4.79 Å². The highest BCUT2D eigenvalue weighted by Gasteiger charge is 2.23. The van der Waals surface area contributed by atoms with Crippen LogP contribution < -0.4 is 24.2 Å². The maximum absolute atomic E-state index is 12.9. The first kappa shape index (κ1) is 21.5. The van der Waals surface area contributed by atoms with Gasteiger partial charge < -0.3 is 19.5 Å². The van der Waals surface area contributed by atoms with E-state index in [9.17, 15) is 13.2 Å². The second-order valence-electron chi connectivity index (χ2n) is 5.89. The van der Waals surface area contributed by atoms with Gasteiger partial charge in [0.25, 0.3) is 5.91 Å². The molecule has 0 spiro atoms. The zero-order valence-corrected chi connectivity index (χ0v) is 17.2. The Labute approximate surface area is 164 Å². The molecule has 2 aromatic carbocycles. The number of hydrogen-bond donors (Lipinski definition) is 2. The fraction of sp³-hybridized carbons (Fsp3) is 0.316. The van der Waals surface area contributed by atoms with Crippen LogP contribution in [0.1, 0.15) is 28.9 Å². The van der Waals surface area contributed by atoms with Gasteiger partial charge in [-0.1, -0.05) is 0 Å². The molecule has 0 fully saturated rings. The fourth-order valence-electron chi connectivity index (χ4n) is 2.71. The highest BCUT2D eigenvalue weighted by atomic mass is 32.2. The van der Waals surface area contributed by atoms with Crippen LogP contribution in [0.25, 0.3) is 0 Å². The van der Waals surface area contributed by atoms with Crippen molar-refractivity contribution in [2.45, 2.75) is 17.9 Å². The topological polar surface area (TPSA) is 103 Å². The summed E-state index contributed by atoms with van der Waals surface area (Å²) in [5.41, 5.74) is 0.741. The van der Waals surface area contributed by atoms with E-state index in [4.69, 9.17) is 14.2 Å². The Morgan fingerprint density at radius 2 is 1.61 bits per heavy atom. The van der Waals surface area contributed by atoms with Crippen LogP contribution in [0.2, 0.25) is 0 Å². The molecule has 28 heavy (non-hydrogen) atoms. The van der Waals surface area contributed by atoms with Gasteiger partial charge in [-0.2, -0.15) is 0 Å². The van der Waals surface area contributed by atoms with Crippen LogP contribution in [0, 0.1) is 0 Å². The summed E-state index contributed by atoms with van der Waals surface area (Å²) in [6, 6.07) is 8.61. The molecule has 1 amide bonds. The number of ether oxygens (including phenoxy) is 3. The second kappa shape index (κ2) is 8.94. The SMILES string of the molecule is CNC(=O)c1cc(S(=O)(=O)N[C@H](C)c2cc(OC)ccc2OC)ccc1OC. The number of rotatable bonds is 8. The second-order valence-corrected chi connectivity index (χ2v) is 7.61. The molecule has 152 valence electrons. The minimum atomic E-state index is -3.92. The summed E-state index contributed by atoms with van der Waals surface area (Å²) < 4.78 is 44.0. The number of carbonyl (C=O) groups is 1. The smallest absolute Gasteiger partial charge is 0.254 e. The maximum Gasteiger partial charge on any atom is 0.254 e.